The lowest BCUT2D eigenvalue weighted by Gasteiger charge is -2.39. The molecule has 2 rings (SSSR count). The summed E-state index contributed by atoms with van der Waals surface area (Å²) >= 11 is 0. The second-order valence-corrected chi connectivity index (χ2v) is 6.97. The molecule has 0 spiro atoms. The van der Waals surface area contributed by atoms with Gasteiger partial charge in [-0.15, -0.1) is 0 Å². The topological polar surface area (TPSA) is 113 Å². The van der Waals surface area contributed by atoms with Crippen molar-refractivity contribution >= 4 is 17.8 Å². The number of carboxylic acids is 2. The highest BCUT2D eigenvalue weighted by Crippen LogP contribution is 2.34. The van der Waals surface area contributed by atoms with E-state index in [0.717, 1.165) is 5.56 Å². The van der Waals surface area contributed by atoms with Gasteiger partial charge in [-0.1, -0.05) is 19.4 Å². The van der Waals surface area contributed by atoms with Crippen LogP contribution >= 0.6 is 0 Å². The van der Waals surface area contributed by atoms with Crippen molar-refractivity contribution < 1.29 is 34.1 Å². The number of carbonyl (C=O) groups is 3. The normalized spacial score (nSPS) is 19.6. The number of carboxylic acid groups (broad SMARTS) is 2. The summed E-state index contributed by atoms with van der Waals surface area (Å²) < 4.78 is 10.5. The number of nitrogens with zero attached hydrogens (tertiary/aromatic N) is 1. The molecule has 1 heterocycles. The molecule has 2 unspecified atom stereocenters. The third-order valence-corrected chi connectivity index (χ3v) is 5.43. The largest absolute Gasteiger partial charge is 0.493 e. The molecule has 0 aliphatic carbocycles. The number of likely N-dealkylation sites (tertiary alicyclic amines) is 1. The molecule has 2 N–H and O–H groups in total. The number of hydrogen-bond donors (Lipinski definition) is 2. The van der Waals surface area contributed by atoms with Crippen molar-refractivity contribution in [1.29, 1.82) is 0 Å². The lowest BCUT2D eigenvalue weighted by atomic mass is 9.75. The van der Waals surface area contributed by atoms with Crippen LogP contribution in [-0.4, -0.2) is 60.3 Å². The number of piperidine rings is 1. The molecule has 1 amide bonds. The summed E-state index contributed by atoms with van der Waals surface area (Å²) in [5, 5.41) is 18.6. The highest BCUT2D eigenvalue weighted by Gasteiger charge is 2.44. The minimum absolute atomic E-state index is 0.0618. The standard InChI is InChI=1S/C20H27NO7/c1-4-13-11-21(17(22)10-14(13)18(19(23)24)20(25)26)8-7-12-5-6-15(27-2)16(9-12)28-3/h5-6,9,13-14,18H,4,7-8,10-11H2,1-3H3,(H,23,24)(H,25,26). The average Bonchev–Trinajstić information content (AvgIpc) is 2.66. The van der Waals surface area contributed by atoms with Crippen molar-refractivity contribution in [2.24, 2.45) is 17.8 Å². The highest BCUT2D eigenvalue weighted by atomic mass is 16.5. The van der Waals surface area contributed by atoms with Crippen LogP contribution in [0.4, 0.5) is 0 Å². The molecule has 154 valence electrons. The SMILES string of the molecule is CCC1CN(CCc2ccc(OC)c(OC)c2)C(=O)CC1C(C(=O)O)C(=O)O. The average molecular weight is 393 g/mol. The van der Waals surface area contributed by atoms with E-state index in [-0.39, 0.29) is 18.2 Å². The monoisotopic (exact) mass is 393 g/mol. The Labute approximate surface area is 164 Å². The van der Waals surface area contributed by atoms with Crippen LogP contribution in [0.15, 0.2) is 18.2 Å². The van der Waals surface area contributed by atoms with Crippen LogP contribution in [-0.2, 0) is 20.8 Å². The summed E-state index contributed by atoms with van der Waals surface area (Å²) in [5.41, 5.74) is 0.981. The Balaban J connectivity index is 2.08. The first-order valence-corrected chi connectivity index (χ1v) is 9.26. The van der Waals surface area contributed by atoms with E-state index in [9.17, 15) is 24.6 Å². The zero-order valence-electron chi connectivity index (χ0n) is 16.4. The molecule has 28 heavy (non-hydrogen) atoms. The van der Waals surface area contributed by atoms with Crippen molar-refractivity contribution in [1.82, 2.24) is 4.90 Å². The molecule has 1 saturated heterocycles. The van der Waals surface area contributed by atoms with Crippen LogP contribution in [0.2, 0.25) is 0 Å². The second-order valence-electron chi connectivity index (χ2n) is 6.97. The van der Waals surface area contributed by atoms with Crippen LogP contribution in [0.5, 0.6) is 11.5 Å². The summed E-state index contributed by atoms with van der Waals surface area (Å²) in [7, 11) is 3.12. The lowest BCUT2D eigenvalue weighted by molar-refractivity contribution is -0.161. The smallest absolute Gasteiger partial charge is 0.318 e. The molecule has 0 radical (unpaired) electrons. The molecule has 1 aromatic rings. The van der Waals surface area contributed by atoms with Crippen molar-refractivity contribution in [3.8, 4) is 11.5 Å². The van der Waals surface area contributed by atoms with Gasteiger partial charge in [0.1, 0.15) is 0 Å². The molecule has 1 fully saturated rings. The van der Waals surface area contributed by atoms with Gasteiger partial charge in [0.15, 0.2) is 17.4 Å². The Morgan fingerprint density at radius 1 is 1.18 bits per heavy atom. The molecule has 8 heteroatoms. The maximum atomic E-state index is 12.6. The van der Waals surface area contributed by atoms with Crippen molar-refractivity contribution in [2.75, 3.05) is 27.3 Å². The molecule has 2 atom stereocenters. The fraction of sp³-hybridized carbons (Fsp3) is 0.550. The summed E-state index contributed by atoms with van der Waals surface area (Å²) in [6.45, 7) is 2.73. The molecule has 0 aromatic heterocycles. The van der Waals surface area contributed by atoms with Gasteiger partial charge >= 0.3 is 11.9 Å². The van der Waals surface area contributed by atoms with Gasteiger partial charge < -0.3 is 24.6 Å². The van der Waals surface area contributed by atoms with E-state index in [4.69, 9.17) is 9.47 Å². The Hall–Kier alpha value is -2.77. The Bertz CT molecular complexity index is 719. The number of methoxy groups -OCH3 is 2. The van der Waals surface area contributed by atoms with Crippen LogP contribution in [0.3, 0.4) is 0 Å². The van der Waals surface area contributed by atoms with Gasteiger partial charge in [0.2, 0.25) is 5.91 Å². The fourth-order valence-corrected chi connectivity index (χ4v) is 3.83. The maximum Gasteiger partial charge on any atom is 0.318 e. The van der Waals surface area contributed by atoms with Crippen molar-refractivity contribution in [3.63, 3.8) is 0 Å². The first kappa shape index (κ1) is 21.5. The Morgan fingerprint density at radius 3 is 2.36 bits per heavy atom. The van der Waals surface area contributed by atoms with E-state index in [1.54, 1.807) is 25.2 Å². The van der Waals surface area contributed by atoms with Gasteiger partial charge in [-0.05, 0) is 36.0 Å². The zero-order valence-corrected chi connectivity index (χ0v) is 16.4. The molecular formula is C20H27NO7. The quantitative estimate of drug-likeness (QED) is 0.616. The van der Waals surface area contributed by atoms with E-state index in [1.165, 1.54) is 0 Å². The predicted molar refractivity (Wildman–Crippen MR) is 100 cm³/mol. The number of rotatable bonds is 9. The zero-order chi connectivity index (χ0) is 20.8. The maximum absolute atomic E-state index is 12.6. The van der Waals surface area contributed by atoms with Crippen molar-refractivity contribution in [2.45, 2.75) is 26.2 Å². The summed E-state index contributed by atoms with van der Waals surface area (Å²) in [4.78, 5) is 37.0. The van der Waals surface area contributed by atoms with Crippen LogP contribution in [0, 0.1) is 17.8 Å². The van der Waals surface area contributed by atoms with E-state index in [2.05, 4.69) is 0 Å². The van der Waals surface area contributed by atoms with Gasteiger partial charge in [-0.3, -0.25) is 14.4 Å². The molecule has 1 aromatic carbocycles. The third kappa shape index (κ3) is 4.74. The second kappa shape index (κ2) is 9.43. The van der Waals surface area contributed by atoms with E-state index >= 15 is 0 Å². The minimum atomic E-state index is -1.55. The van der Waals surface area contributed by atoms with Gasteiger partial charge in [0.05, 0.1) is 14.2 Å². The summed E-state index contributed by atoms with van der Waals surface area (Å²) in [5.74, 6) is -4.15. The van der Waals surface area contributed by atoms with Crippen molar-refractivity contribution in [3.05, 3.63) is 23.8 Å². The van der Waals surface area contributed by atoms with E-state index in [1.807, 2.05) is 19.1 Å². The number of ether oxygens (including phenoxy) is 2. The van der Waals surface area contributed by atoms with E-state index < -0.39 is 23.8 Å². The highest BCUT2D eigenvalue weighted by molar-refractivity contribution is 5.94. The van der Waals surface area contributed by atoms with Crippen LogP contribution in [0.1, 0.15) is 25.3 Å². The predicted octanol–water partition coefficient (Wildman–Crippen LogP) is 1.91. The van der Waals surface area contributed by atoms with Gasteiger partial charge in [0.25, 0.3) is 0 Å². The Kier molecular flexibility index (Phi) is 7.25. The number of carbonyl (C=O) groups excluding carboxylic acids is 1. The minimum Gasteiger partial charge on any atom is -0.493 e. The van der Waals surface area contributed by atoms with Crippen LogP contribution < -0.4 is 9.47 Å². The molecule has 1 aliphatic heterocycles. The third-order valence-electron chi connectivity index (χ3n) is 5.43. The molecule has 8 nitrogen and oxygen atoms in total. The Morgan fingerprint density at radius 2 is 1.82 bits per heavy atom. The van der Waals surface area contributed by atoms with Gasteiger partial charge in [-0.25, -0.2) is 0 Å². The summed E-state index contributed by atoms with van der Waals surface area (Å²) in [6.07, 6.45) is 1.16. The molecule has 0 bridgehead atoms. The number of hydrogen-bond acceptors (Lipinski definition) is 5. The fourth-order valence-electron chi connectivity index (χ4n) is 3.83. The number of benzene rings is 1. The molecule has 0 saturated carbocycles. The van der Waals surface area contributed by atoms with E-state index in [0.29, 0.717) is 37.4 Å². The van der Waals surface area contributed by atoms with Gasteiger partial charge in [-0.2, -0.15) is 0 Å². The first-order chi connectivity index (χ1) is 13.3. The molecule has 1 aliphatic rings. The molecular weight excluding hydrogens is 366 g/mol. The first-order valence-electron chi connectivity index (χ1n) is 9.26. The lowest BCUT2D eigenvalue weighted by Crippen LogP contribution is -2.49. The van der Waals surface area contributed by atoms with Crippen LogP contribution in [0.25, 0.3) is 0 Å². The summed E-state index contributed by atoms with van der Waals surface area (Å²) in [6, 6.07) is 5.57. The number of aliphatic carboxylic acids is 2. The number of amides is 1. The van der Waals surface area contributed by atoms with Gasteiger partial charge in [0, 0.05) is 19.5 Å².